The molecule has 158 valence electrons. The zero-order valence-electron chi connectivity index (χ0n) is 16.1. The van der Waals surface area contributed by atoms with Crippen molar-refractivity contribution in [3.63, 3.8) is 0 Å². The Bertz CT molecular complexity index is 1500. The van der Waals surface area contributed by atoms with Crippen molar-refractivity contribution in [2.24, 2.45) is 0 Å². The number of hydrogen-bond acceptors (Lipinski definition) is 5. The van der Waals surface area contributed by atoms with Crippen molar-refractivity contribution in [1.29, 1.82) is 0 Å². The van der Waals surface area contributed by atoms with E-state index >= 15 is 0 Å². The molecular weight excluding hydrogens is 445 g/mol. The number of aromatic amines is 2. The van der Waals surface area contributed by atoms with E-state index in [-0.39, 0.29) is 32.7 Å². The van der Waals surface area contributed by atoms with Crippen molar-refractivity contribution < 1.29 is 4.74 Å². The van der Waals surface area contributed by atoms with E-state index < -0.39 is 11.2 Å². The van der Waals surface area contributed by atoms with Crippen LogP contribution < -0.4 is 21.7 Å². The van der Waals surface area contributed by atoms with Crippen molar-refractivity contribution in [1.82, 2.24) is 24.3 Å². The summed E-state index contributed by atoms with van der Waals surface area (Å²) in [5.41, 5.74) is 0.0141. The number of H-pyrrole nitrogens is 2. The molecule has 1 aliphatic rings. The minimum absolute atomic E-state index is 0.142. The molecule has 2 N–H and O–H groups in total. The minimum atomic E-state index is -0.724. The number of hydrogen-bond donors (Lipinski definition) is 2. The summed E-state index contributed by atoms with van der Waals surface area (Å²) in [7, 11) is 0. The van der Waals surface area contributed by atoms with Gasteiger partial charge in [-0.15, -0.1) is 0 Å². The van der Waals surface area contributed by atoms with Gasteiger partial charge < -0.3 is 9.72 Å². The van der Waals surface area contributed by atoms with Crippen LogP contribution in [-0.2, 0) is 5.54 Å². The molecule has 1 saturated carbocycles. The van der Waals surface area contributed by atoms with E-state index in [0.717, 1.165) is 29.2 Å². The summed E-state index contributed by atoms with van der Waals surface area (Å²) >= 11 is 12.7. The predicted molar refractivity (Wildman–Crippen MR) is 116 cm³/mol. The van der Waals surface area contributed by atoms with Gasteiger partial charge in [0.25, 0.3) is 5.56 Å². The second kappa shape index (κ2) is 6.86. The minimum Gasteiger partial charge on any atom is -0.454 e. The summed E-state index contributed by atoms with van der Waals surface area (Å²) in [6, 6.07) is 8.11. The smallest absolute Gasteiger partial charge is 0.349 e. The maximum atomic E-state index is 12.4. The van der Waals surface area contributed by atoms with Gasteiger partial charge in [0.05, 0.1) is 26.8 Å². The van der Waals surface area contributed by atoms with Gasteiger partial charge in [-0.25, -0.2) is 9.59 Å². The molecule has 1 aliphatic carbocycles. The molecule has 0 unspecified atom stereocenters. The molecule has 0 radical (unpaired) electrons. The molecule has 4 aromatic rings. The van der Waals surface area contributed by atoms with E-state index in [1.54, 1.807) is 22.8 Å². The SMILES string of the molecule is CC1(n2c(=O)[nH]c3ccc(Oc4c(Cl)cc(-n5ncc(=O)[nH]c5=O)cc4Cl)cc32)CC1. The molecule has 0 aliphatic heterocycles. The zero-order valence-corrected chi connectivity index (χ0v) is 17.6. The highest BCUT2D eigenvalue weighted by Gasteiger charge is 2.41. The Morgan fingerprint density at radius 1 is 1.03 bits per heavy atom. The molecule has 0 saturated heterocycles. The third kappa shape index (κ3) is 3.35. The van der Waals surface area contributed by atoms with Crippen LogP contribution in [0.2, 0.25) is 10.0 Å². The van der Waals surface area contributed by atoms with Crippen LogP contribution in [0.4, 0.5) is 0 Å². The van der Waals surface area contributed by atoms with Gasteiger partial charge in [0.1, 0.15) is 11.9 Å². The number of halogens is 2. The van der Waals surface area contributed by atoms with Gasteiger partial charge in [0, 0.05) is 11.6 Å². The molecule has 11 heteroatoms. The molecule has 0 amide bonds. The highest BCUT2D eigenvalue weighted by Crippen LogP contribution is 2.44. The summed E-state index contributed by atoms with van der Waals surface area (Å²) in [4.78, 5) is 40.6. The molecule has 5 rings (SSSR count). The van der Waals surface area contributed by atoms with Gasteiger partial charge in [-0.05, 0) is 44.0 Å². The Morgan fingerprint density at radius 3 is 2.39 bits per heavy atom. The Kier molecular flexibility index (Phi) is 4.35. The molecule has 2 aromatic carbocycles. The summed E-state index contributed by atoms with van der Waals surface area (Å²) in [5.74, 6) is 0.631. The van der Waals surface area contributed by atoms with Crippen molar-refractivity contribution in [3.8, 4) is 17.2 Å². The second-order valence-electron chi connectivity index (χ2n) is 7.63. The van der Waals surface area contributed by atoms with E-state index in [2.05, 4.69) is 15.1 Å². The fourth-order valence-corrected chi connectivity index (χ4v) is 4.06. The highest BCUT2D eigenvalue weighted by atomic mass is 35.5. The van der Waals surface area contributed by atoms with Crippen LogP contribution >= 0.6 is 23.2 Å². The van der Waals surface area contributed by atoms with Crippen LogP contribution in [0, 0.1) is 0 Å². The molecule has 0 spiro atoms. The average molecular weight is 460 g/mol. The van der Waals surface area contributed by atoms with Crippen LogP contribution in [0.25, 0.3) is 16.7 Å². The first kappa shape index (κ1) is 19.7. The third-order valence-corrected chi connectivity index (χ3v) is 5.89. The first-order chi connectivity index (χ1) is 14.7. The van der Waals surface area contributed by atoms with Crippen LogP contribution in [0.1, 0.15) is 19.8 Å². The van der Waals surface area contributed by atoms with E-state index in [1.165, 1.54) is 12.1 Å². The van der Waals surface area contributed by atoms with Gasteiger partial charge in [-0.1, -0.05) is 23.2 Å². The number of imidazole rings is 1. The van der Waals surface area contributed by atoms with Gasteiger partial charge in [-0.2, -0.15) is 9.78 Å². The number of aromatic nitrogens is 5. The zero-order chi connectivity index (χ0) is 21.9. The number of rotatable bonds is 4. The predicted octanol–water partition coefficient (Wildman–Crippen LogP) is 3.17. The maximum Gasteiger partial charge on any atom is 0.349 e. The van der Waals surface area contributed by atoms with Crippen LogP contribution in [0.3, 0.4) is 0 Å². The lowest BCUT2D eigenvalue weighted by Crippen LogP contribution is -2.30. The molecule has 0 atom stereocenters. The van der Waals surface area contributed by atoms with Crippen LogP contribution in [0.15, 0.2) is 50.9 Å². The van der Waals surface area contributed by atoms with Crippen molar-refractivity contribution in [2.75, 3.05) is 0 Å². The van der Waals surface area contributed by atoms with E-state index in [9.17, 15) is 14.4 Å². The Hall–Kier alpha value is -3.30. The second-order valence-corrected chi connectivity index (χ2v) is 8.45. The average Bonchev–Trinajstić information content (AvgIpc) is 3.34. The van der Waals surface area contributed by atoms with E-state index in [0.29, 0.717) is 11.3 Å². The Morgan fingerprint density at radius 2 is 1.74 bits per heavy atom. The summed E-state index contributed by atoms with van der Waals surface area (Å²) in [6.07, 6.45) is 2.84. The van der Waals surface area contributed by atoms with Crippen molar-refractivity contribution in [2.45, 2.75) is 25.3 Å². The largest absolute Gasteiger partial charge is 0.454 e. The highest BCUT2D eigenvalue weighted by molar-refractivity contribution is 6.37. The maximum absolute atomic E-state index is 12.4. The molecule has 2 heterocycles. The van der Waals surface area contributed by atoms with Gasteiger partial charge in [0.2, 0.25) is 0 Å². The van der Waals surface area contributed by atoms with Crippen molar-refractivity contribution in [3.05, 3.63) is 77.9 Å². The summed E-state index contributed by atoms with van der Waals surface area (Å²) in [5, 5.41) is 4.07. The topological polar surface area (TPSA) is 115 Å². The molecule has 2 aromatic heterocycles. The van der Waals surface area contributed by atoms with Crippen LogP contribution in [0.5, 0.6) is 11.5 Å². The lowest BCUT2D eigenvalue weighted by Gasteiger charge is -2.14. The number of benzene rings is 2. The summed E-state index contributed by atoms with van der Waals surface area (Å²) in [6.45, 7) is 2.04. The fourth-order valence-electron chi connectivity index (χ4n) is 3.51. The Labute approximate surface area is 183 Å². The molecule has 0 bridgehead atoms. The monoisotopic (exact) mass is 459 g/mol. The molecular formula is C20H15Cl2N5O4. The fraction of sp³-hybridized carbons (Fsp3) is 0.200. The summed E-state index contributed by atoms with van der Waals surface area (Å²) < 4.78 is 8.63. The van der Waals surface area contributed by atoms with Gasteiger partial charge >= 0.3 is 11.4 Å². The lowest BCUT2D eigenvalue weighted by molar-refractivity contribution is 0.482. The molecule has 1 fully saturated rings. The number of nitrogens with zero attached hydrogens (tertiary/aromatic N) is 3. The number of ether oxygens (including phenoxy) is 1. The van der Waals surface area contributed by atoms with E-state index in [4.69, 9.17) is 27.9 Å². The van der Waals surface area contributed by atoms with Crippen molar-refractivity contribution >= 4 is 34.2 Å². The Balaban J connectivity index is 1.54. The molecule has 31 heavy (non-hydrogen) atoms. The van der Waals surface area contributed by atoms with E-state index in [1.807, 2.05) is 6.92 Å². The normalized spacial score (nSPS) is 14.7. The number of nitrogens with one attached hydrogen (secondary N) is 2. The standard InChI is InChI=1S/C20H15Cl2N5O4/c1-20(4-5-20)26-15-8-11(2-3-14(15)24-18(26)29)31-17-12(21)6-10(7-13(17)22)27-19(30)25-16(28)9-23-27/h2-3,6-9H,4-5H2,1H3,(H,24,29)(H,25,28,30). The number of fused-ring (bicyclic) bond motifs is 1. The molecule has 9 nitrogen and oxygen atoms in total. The first-order valence-corrected chi connectivity index (χ1v) is 10.1. The van der Waals surface area contributed by atoms with Gasteiger partial charge in [-0.3, -0.25) is 14.3 Å². The van der Waals surface area contributed by atoms with Crippen LogP contribution in [-0.4, -0.2) is 24.3 Å². The van der Waals surface area contributed by atoms with Gasteiger partial charge in [0.15, 0.2) is 5.75 Å². The third-order valence-electron chi connectivity index (χ3n) is 5.33. The first-order valence-electron chi connectivity index (χ1n) is 9.36. The quantitative estimate of drug-likeness (QED) is 0.486. The lowest BCUT2D eigenvalue weighted by atomic mass is 10.2.